The highest BCUT2D eigenvalue weighted by atomic mass is 32.1. The summed E-state index contributed by atoms with van der Waals surface area (Å²) in [6.07, 6.45) is 0. The first-order chi connectivity index (χ1) is 10.1. The Morgan fingerprint density at radius 1 is 1.29 bits per heavy atom. The topological polar surface area (TPSA) is 23.6 Å². The number of nitrogens with zero attached hydrogens (tertiary/aromatic N) is 2. The molecule has 5 heteroatoms. The van der Waals surface area contributed by atoms with Crippen molar-refractivity contribution in [1.29, 1.82) is 0 Å². The molecule has 1 aliphatic rings. The number of fused-ring (bicyclic) bond motifs is 1. The lowest BCUT2D eigenvalue weighted by Crippen LogP contribution is -2.48. The van der Waals surface area contributed by atoms with Crippen molar-refractivity contribution in [3.8, 4) is 0 Å². The van der Waals surface area contributed by atoms with Gasteiger partial charge in [-0.15, -0.1) is 11.3 Å². The van der Waals surface area contributed by atoms with Gasteiger partial charge in [0, 0.05) is 36.3 Å². The maximum atomic E-state index is 13.9. The first-order valence-corrected chi connectivity index (χ1v) is 8.12. The Balaban J connectivity index is 1.89. The Morgan fingerprint density at radius 3 is 2.62 bits per heavy atom. The van der Waals surface area contributed by atoms with Crippen molar-refractivity contribution in [2.75, 3.05) is 32.7 Å². The number of halogens is 1. The molecule has 0 aliphatic carbocycles. The second-order valence-electron chi connectivity index (χ2n) is 5.40. The van der Waals surface area contributed by atoms with E-state index in [0.717, 1.165) is 43.0 Å². The largest absolute Gasteiger partial charge is 0.335 e. The maximum Gasteiger partial charge on any atom is 0.264 e. The summed E-state index contributed by atoms with van der Waals surface area (Å²) in [5.74, 6) is -0.194. The molecule has 0 bridgehead atoms. The predicted octanol–water partition coefficient (Wildman–Crippen LogP) is 3.13. The number of amides is 1. The Hall–Kier alpha value is -1.46. The van der Waals surface area contributed by atoms with E-state index in [1.807, 2.05) is 17.9 Å². The molecule has 1 aromatic heterocycles. The fourth-order valence-electron chi connectivity index (χ4n) is 2.87. The maximum absolute atomic E-state index is 13.9. The molecule has 0 radical (unpaired) electrons. The van der Waals surface area contributed by atoms with Gasteiger partial charge in [0.2, 0.25) is 0 Å². The average molecular weight is 306 g/mol. The quantitative estimate of drug-likeness (QED) is 0.851. The SMILES string of the molecule is CCN1CCN(C(=O)c2sc3cccc(F)c3c2C)CC1. The second kappa shape index (κ2) is 5.73. The number of carbonyl (C=O) groups is 1. The van der Waals surface area contributed by atoms with Gasteiger partial charge in [-0.25, -0.2) is 4.39 Å². The molecule has 1 saturated heterocycles. The molecule has 0 unspecified atom stereocenters. The molecule has 21 heavy (non-hydrogen) atoms. The van der Waals surface area contributed by atoms with E-state index in [1.54, 1.807) is 6.07 Å². The third kappa shape index (κ3) is 2.56. The van der Waals surface area contributed by atoms with Crippen LogP contribution in [0.4, 0.5) is 4.39 Å². The number of rotatable bonds is 2. The minimum Gasteiger partial charge on any atom is -0.335 e. The van der Waals surface area contributed by atoms with Gasteiger partial charge in [0.15, 0.2) is 0 Å². The van der Waals surface area contributed by atoms with Crippen molar-refractivity contribution in [3.05, 3.63) is 34.5 Å². The van der Waals surface area contributed by atoms with E-state index in [9.17, 15) is 9.18 Å². The zero-order chi connectivity index (χ0) is 15.0. The molecule has 112 valence electrons. The van der Waals surface area contributed by atoms with Crippen molar-refractivity contribution in [3.63, 3.8) is 0 Å². The van der Waals surface area contributed by atoms with E-state index < -0.39 is 0 Å². The van der Waals surface area contributed by atoms with Gasteiger partial charge in [0.25, 0.3) is 5.91 Å². The van der Waals surface area contributed by atoms with Gasteiger partial charge in [-0.05, 0) is 31.2 Å². The molecule has 1 fully saturated rings. The number of likely N-dealkylation sites (N-methyl/N-ethyl adjacent to an activating group) is 1. The molecule has 1 aliphatic heterocycles. The van der Waals surface area contributed by atoms with Gasteiger partial charge in [-0.1, -0.05) is 13.0 Å². The molecule has 3 rings (SSSR count). The van der Waals surface area contributed by atoms with Crippen molar-refractivity contribution in [2.24, 2.45) is 0 Å². The molecular weight excluding hydrogens is 287 g/mol. The van der Waals surface area contributed by atoms with E-state index in [1.165, 1.54) is 17.4 Å². The zero-order valence-corrected chi connectivity index (χ0v) is 13.2. The van der Waals surface area contributed by atoms with E-state index in [0.29, 0.717) is 10.3 Å². The van der Waals surface area contributed by atoms with E-state index in [4.69, 9.17) is 0 Å². The number of thiophene rings is 1. The van der Waals surface area contributed by atoms with Crippen molar-refractivity contribution in [1.82, 2.24) is 9.80 Å². The number of carbonyl (C=O) groups excluding carboxylic acids is 1. The summed E-state index contributed by atoms with van der Waals surface area (Å²) in [5, 5.41) is 0.595. The second-order valence-corrected chi connectivity index (χ2v) is 6.45. The Labute approximate surface area is 128 Å². The summed E-state index contributed by atoms with van der Waals surface area (Å²) in [6, 6.07) is 5.03. The molecule has 3 nitrogen and oxygen atoms in total. The number of benzene rings is 1. The molecule has 2 heterocycles. The minimum absolute atomic E-state index is 0.0452. The Kier molecular flexibility index (Phi) is 3.95. The van der Waals surface area contributed by atoms with Gasteiger partial charge in [0.1, 0.15) is 5.82 Å². The Morgan fingerprint density at radius 2 is 2.00 bits per heavy atom. The van der Waals surface area contributed by atoms with Gasteiger partial charge < -0.3 is 9.80 Å². The van der Waals surface area contributed by atoms with E-state index >= 15 is 0 Å². The van der Waals surface area contributed by atoms with Crippen LogP contribution in [-0.2, 0) is 0 Å². The van der Waals surface area contributed by atoms with E-state index in [2.05, 4.69) is 11.8 Å². The molecule has 1 aromatic carbocycles. The minimum atomic E-state index is -0.240. The lowest BCUT2D eigenvalue weighted by molar-refractivity contribution is 0.0647. The third-order valence-electron chi connectivity index (χ3n) is 4.20. The van der Waals surface area contributed by atoms with Crippen molar-refractivity contribution >= 4 is 27.3 Å². The van der Waals surface area contributed by atoms with E-state index in [-0.39, 0.29) is 11.7 Å². The number of hydrogen-bond donors (Lipinski definition) is 0. The highest BCUT2D eigenvalue weighted by molar-refractivity contribution is 7.21. The lowest BCUT2D eigenvalue weighted by atomic mass is 10.1. The van der Waals surface area contributed by atoms with Crippen LogP contribution < -0.4 is 0 Å². The zero-order valence-electron chi connectivity index (χ0n) is 12.4. The smallest absolute Gasteiger partial charge is 0.264 e. The van der Waals surface area contributed by atoms with Crippen LogP contribution in [0.1, 0.15) is 22.2 Å². The van der Waals surface area contributed by atoms with Crippen LogP contribution in [0, 0.1) is 12.7 Å². The molecule has 0 spiro atoms. The fourth-order valence-corrected chi connectivity index (χ4v) is 4.06. The fraction of sp³-hybridized carbons (Fsp3) is 0.438. The average Bonchev–Trinajstić information content (AvgIpc) is 2.85. The first kappa shape index (κ1) is 14.5. The molecular formula is C16H19FN2OS. The summed E-state index contributed by atoms with van der Waals surface area (Å²) in [5.41, 5.74) is 0.774. The molecule has 0 atom stereocenters. The first-order valence-electron chi connectivity index (χ1n) is 7.31. The predicted molar refractivity (Wildman–Crippen MR) is 84.5 cm³/mol. The highest BCUT2D eigenvalue weighted by Crippen LogP contribution is 2.33. The van der Waals surface area contributed by atoms with Crippen LogP contribution in [0.5, 0.6) is 0 Å². The van der Waals surface area contributed by atoms with Crippen LogP contribution in [-0.4, -0.2) is 48.4 Å². The van der Waals surface area contributed by atoms with Gasteiger partial charge in [0.05, 0.1) is 4.88 Å². The van der Waals surface area contributed by atoms with Gasteiger partial charge in [-0.3, -0.25) is 4.79 Å². The summed E-state index contributed by atoms with van der Waals surface area (Å²) < 4.78 is 14.8. The lowest BCUT2D eigenvalue weighted by Gasteiger charge is -2.33. The highest BCUT2D eigenvalue weighted by Gasteiger charge is 2.25. The molecule has 2 aromatic rings. The monoisotopic (exact) mass is 306 g/mol. The summed E-state index contributed by atoms with van der Waals surface area (Å²) in [6.45, 7) is 8.34. The molecule has 1 amide bonds. The number of piperazine rings is 1. The van der Waals surface area contributed by atoms with Crippen molar-refractivity contribution < 1.29 is 9.18 Å². The standard InChI is InChI=1S/C16H19FN2OS/c1-3-18-7-9-19(10-8-18)16(20)15-11(2)14-12(17)5-4-6-13(14)21-15/h4-6H,3,7-10H2,1-2H3. The third-order valence-corrected chi connectivity index (χ3v) is 5.45. The number of aryl methyl sites for hydroxylation is 1. The van der Waals surface area contributed by atoms with Crippen LogP contribution in [0.3, 0.4) is 0 Å². The number of hydrogen-bond acceptors (Lipinski definition) is 3. The van der Waals surface area contributed by atoms with Crippen molar-refractivity contribution in [2.45, 2.75) is 13.8 Å². The van der Waals surface area contributed by atoms with Crippen LogP contribution in [0.25, 0.3) is 10.1 Å². The summed E-state index contributed by atoms with van der Waals surface area (Å²) in [7, 11) is 0. The normalized spacial score (nSPS) is 16.6. The van der Waals surface area contributed by atoms with Crippen LogP contribution >= 0.6 is 11.3 Å². The van der Waals surface area contributed by atoms with Gasteiger partial charge in [-0.2, -0.15) is 0 Å². The summed E-state index contributed by atoms with van der Waals surface area (Å²) in [4.78, 5) is 17.6. The van der Waals surface area contributed by atoms with Gasteiger partial charge >= 0.3 is 0 Å². The summed E-state index contributed by atoms with van der Waals surface area (Å²) >= 11 is 1.40. The molecule has 0 N–H and O–H groups in total. The Bertz CT molecular complexity index is 674. The van der Waals surface area contributed by atoms with Crippen LogP contribution in [0.2, 0.25) is 0 Å². The molecule has 0 saturated carbocycles. The van der Waals surface area contributed by atoms with Crippen LogP contribution in [0.15, 0.2) is 18.2 Å².